The fourth-order valence-electron chi connectivity index (χ4n) is 1.35. The van der Waals surface area contributed by atoms with E-state index in [0.717, 1.165) is 18.9 Å². The summed E-state index contributed by atoms with van der Waals surface area (Å²) in [5.41, 5.74) is 0. The number of aromatic nitrogens is 2. The highest BCUT2D eigenvalue weighted by molar-refractivity contribution is 7.89. The summed E-state index contributed by atoms with van der Waals surface area (Å²) in [6.45, 7) is 0.827. The van der Waals surface area contributed by atoms with Crippen molar-refractivity contribution in [1.29, 1.82) is 0 Å². The Kier molecular flexibility index (Phi) is 2.32. The molecule has 1 aromatic heterocycles. The normalized spacial score (nSPS) is 17.2. The molecule has 6 heteroatoms. The van der Waals surface area contributed by atoms with Crippen LogP contribution < -0.4 is 5.14 Å². The SMILES string of the molecule is NS(=O)(=O)c1cn(CCC2CC2)cn1. The summed E-state index contributed by atoms with van der Waals surface area (Å²) in [7, 11) is -3.64. The molecule has 0 aliphatic heterocycles. The number of primary sulfonamides is 1. The topological polar surface area (TPSA) is 78.0 Å². The number of rotatable bonds is 4. The molecule has 78 valence electrons. The molecular weight excluding hydrogens is 202 g/mol. The molecule has 0 saturated heterocycles. The van der Waals surface area contributed by atoms with Gasteiger partial charge < -0.3 is 4.57 Å². The van der Waals surface area contributed by atoms with Crippen molar-refractivity contribution >= 4 is 10.0 Å². The van der Waals surface area contributed by atoms with Crippen LogP contribution in [-0.2, 0) is 16.6 Å². The van der Waals surface area contributed by atoms with E-state index in [2.05, 4.69) is 4.98 Å². The van der Waals surface area contributed by atoms with Gasteiger partial charge in [-0.05, 0) is 12.3 Å². The van der Waals surface area contributed by atoms with Crippen LogP contribution in [0.5, 0.6) is 0 Å². The van der Waals surface area contributed by atoms with Gasteiger partial charge in [-0.25, -0.2) is 18.5 Å². The van der Waals surface area contributed by atoms with Crippen LogP contribution in [0.25, 0.3) is 0 Å². The minimum absolute atomic E-state index is 0.0479. The molecule has 0 bridgehead atoms. The van der Waals surface area contributed by atoms with Gasteiger partial charge in [-0.15, -0.1) is 0 Å². The van der Waals surface area contributed by atoms with Gasteiger partial charge in [0.15, 0.2) is 5.03 Å². The minimum atomic E-state index is -3.64. The molecule has 0 aromatic carbocycles. The molecule has 1 aliphatic carbocycles. The molecule has 14 heavy (non-hydrogen) atoms. The van der Waals surface area contributed by atoms with Crippen LogP contribution in [0.2, 0.25) is 0 Å². The Balaban J connectivity index is 2.01. The van der Waals surface area contributed by atoms with Crippen molar-refractivity contribution in [1.82, 2.24) is 9.55 Å². The molecular formula is C8H13N3O2S. The third-order valence-electron chi connectivity index (χ3n) is 2.39. The van der Waals surface area contributed by atoms with Crippen LogP contribution in [0.3, 0.4) is 0 Å². The zero-order valence-corrected chi connectivity index (χ0v) is 8.57. The van der Waals surface area contributed by atoms with Gasteiger partial charge in [-0.2, -0.15) is 0 Å². The molecule has 1 fully saturated rings. The first-order valence-corrected chi connectivity index (χ1v) is 6.15. The Morgan fingerprint density at radius 1 is 1.57 bits per heavy atom. The maximum atomic E-state index is 10.9. The van der Waals surface area contributed by atoms with E-state index < -0.39 is 10.0 Å². The monoisotopic (exact) mass is 215 g/mol. The van der Waals surface area contributed by atoms with Crippen molar-refractivity contribution < 1.29 is 8.42 Å². The molecule has 0 unspecified atom stereocenters. The fourth-order valence-corrected chi connectivity index (χ4v) is 1.82. The Morgan fingerprint density at radius 2 is 2.29 bits per heavy atom. The summed E-state index contributed by atoms with van der Waals surface area (Å²) in [6, 6.07) is 0. The van der Waals surface area contributed by atoms with Gasteiger partial charge in [0.1, 0.15) is 0 Å². The lowest BCUT2D eigenvalue weighted by molar-refractivity contribution is 0.589. The highest BCUT2D eigenvalue weighted by atomic mass is 32.2. The molecule has 2 rings (SSSR count). The van der Waals surface area contributed by atoms with Crippen LogP contribution in [-0.4, -0.2) is 18.0 Å². The lowest BCUT2D eigenvalue weighted by atomic mass is 10.3. The zero-order valence-electron chi connectivity index (χ0n) is 7.76. The fraction of sp³-hybridized carbons (Fsp3) is 0.625. The van der Waals surface area contributed by atoms with Crippen molar-refractivity contribution in [3.05, 3.63) is 12.5 Å². The van der Waals surface area contributed by atoms with Gasteiger partial charge in [0.25, 0.3) is 10.0 Å². The lowest BCUT2D eigenvalue weighted by Crippen LogP contribution is -2.12. The highest BCUT2D eigenvalue weighted by Crippen LogP contribution is 2.32. The van der Waals surface area contributed by atoms with E-state index >= 15 is 0 Å². The predicted molar refractivity (Wildman–Crippen MR) is 50.9 cm³/mol. The van der Waals surface area contributed by atoms with E-state index in [0.29, 0.717) is 0 Å². The number of sulfonamides is 1. The maximum absolute atomic E-state index is 10.9. The van der Waals surface area contributed by atoms with Crippen molar-refractivity contribution in [2.24, 2.45) is 11.1 Å². The summed E-state index contributed by atoms with van der Waals surface area (Å²) in [6.07, 6.45) is 6.70. The Labute approximate surface area is 83.0 Å². The van der Waals surface area contributed by atoms with Gasteiger partial charge >= 0.3 is 0 Å². The molecule has 0 spiro atoms. The first-order valence-electron chi connectivity index (χ1n) is 4.60. The molecule has 0 radical (unpaired) electrons. The number of nitrogens with zero attached hydrogens (tertiary/aromatic N) is 2. The van der Waals surface area contributed by atoms with Crippen LogP contribution in [0.1, 0.15) is 19.3 Å². The average Bonchev–Trinajstić information content (AvgIpc) is 2.77. The van der Waals surface area contributed by atoms with Crippen LogP contribution in [0.4, 0.5) is 0 Å². The summed E-state index contributed by atoms with van der Waals surface area (Å²) in [5, 5.41) is 4.89. The Bertz CT molecular complexity index is 420. The first kappa shape index (κ1) is 9.67. The summed E-state index contributed by atoms with van der Waals surface area (Å²) in [5.74, 6) is 0.829. The Morgan fingerprint density at radius 3 is 2.79 bits per heavy atom. The van der Waals surface area contributed by atoms with Crippen LogP contribution >= 0.6 is 0 Å². The highest BCUT2D eigenvalue weighted by Gasteiger charge is 2.21. The lowest BCUT2D eigenvalue weighted by Gasteiger charge is -1.98. The van der Waals surface area contributed by atoms with E-state index in [1.807, 2.05) is 0 Å². The van der Waals surface area contributed by atoms with E-state index in [1.54, 1.807) is 4.57 Å². The molecule has 5 nitrogen and oxygen atoms in total. The minimum Gasteiger partial charge on any atom is -0.336 e. The Hall–Kier alpha value is -0.880. The first-order chi connectivity index (χ1) is 6.55. The largest absolute Gasteiger partial charge is 0.336 e. The third kappa shape index (κ3) is 2.33. The molecule has 1 saturated carbocycles. The van der Waals surface area contributed by atoms with E-state index in [9.17, 15) is 8.42 Å². The average molecular weight is 215 g/mol. The van der Waals surface area contributed by atoms with Gasteiger partial charge in [0.2, 0.25) is 0 Å². The van der Waals surface area contributed by atoms with Crippen LogP contribution in [0, 0.1) is 5.92 Å². The number of nitrogens with two attached hydrogens (primary N) is 1. The second-order valence-corrected chi connectivity index (χ2v) is 5.24. The molecule has 1 aromatic rings. The van der Waals surface area contributed by atoms with E-state index in [1.165, 1.54) is 25.4 Å². The van der Waals surface area contributed by atoms with Crippen molar-refractivity contribution in [3.8, 4) is 0 Å². The van der Waals surface area contributed by atoms with Gasteiger partial charge in [0, 0.05) is 12.7 Å². The zero-order chi connectivity index (χ0) is 10.2. The van der Waals surface area contributed by atoms with Gasteiger partial charge in [-0.1, -0.05) is 12.8 Å². The quantitative estimate of drug-likeness (QED) is 0.786. The van der Waals surface area contributed by atoms with E-state index in [4.69, 9.17) is 5.14 Å². The van der Waals surface area contributed by atoms with Crippen molar-refractivity contribution in [2.75, 3.05) is 0 Å². The standard InChI is InChI=1S/C8H13N3O2S/c9-14(12,13)8-5-11(6-10-8)4-3-7-1-2-7/h5-7H,1-4H2,(H2,9,12,13). The second-order valence-electron chi connectivity index (χ2n) is 3.73. The van der Waals surface area contributed by atoms with Gasteiger partial charge in [-0.3, -0.25) is 0 Å². The number of hydrogen-bond donors (Lipinski definition) is 1. The number of hydrogen-bond acceptors (Lipinski definition) is 3. The summed E-state index contributed by atoms with van der Waals surface area (Å²) in [4.78, 5) is 3.74. The van der Waals surface area contributed by atoms with Crippen molar-refractivity contribution in [2.45, 2.75) is 30.8 Å². The molecule has 1 aliphatic rings. The molecule has 0 atom stereocenters. The van der Waals surface area contributed by atoms with E-state index in [-0.39, 0.29) is 5.03 Å². The number of imidazole rings is 1. The number of aryl methyl sites for hydroxylation is 1. The maximum Gasteiger partial charge on any atom is 0.257 e. The summed E-state index contributed by atoms with van der Waals surface area (Å²) >= 11 is 0. The molecule has 1 heterocycles. The van der Waals surface area contributed by atoms with Gasteiger partial charge in [0.05, 0.1) is 6.33 Å². The molecule has 0 amide bonds. The van der Waals surface area contributed by atoms with Crippen LogP contribution in [0.15, 0.2) is 17.6 Å². The van der Waals surface area contributed by atoms with Crippen molar-refractivity contribution in [3.63, 3.8) is 0 Å². The molecule has 2 N–H and O–H groups in total. The smallest absolute Gasteiger partial charge is 0.257 e. The second kappa shape index (κ2) is 3.36. The third-order valence-corrected chi connectivity index (χ3v) is 3.19. The summed E-state index contributed by atoms with van der Waals surface area (Å²) < 4.78 is 23.6. The predicted octanol–water partition coefficient (Wildman–Crippen LogP) is 0.331.